The first-order valence-electron chi connectivity index (χ1n) is 4.85. The molecule has 1 rings (SSSR count). The first-order valence-corrected chi connectivity index (χ1v) is 4.85. The van der Waals surface area contributed by atoms with E-state index in [4.69, 9.17) is 5.11 Å². The molecule has 0 heterocycles. The van der Waals surface area contributed by atoms with E-state index in [0.717, 1.165) is 19.1 Å². The summed E-state index contributed by atoms with van der Waals surface area (Å²) in [6, 6.07) is 2.99. The number of carboxylic acid groups (broad SMARTS) is 1. The summed E-state index contributed by atoms with van der Waals surface area (Å²) in [5, 5.41) is 8.33. The third-order valence-corrected chi connectivity index (χ3v) is 2.57. The van der Waals surface area contributed by atoms with E-state index in [2.05, 4.69) is 0 Å². The van der Waals surface area contributed by atoms with Crippen LogP contribution in [-0.2, 0) is 11.0 Å². The minimum atomic E-state index is -4.56. The van der Waals surface area contributed by atoms with E-state index >= 15 is 0 Å². The number of carbonyl (C=O) groups is 1. The van der Waals surface area contributed by atoms with Gasteiger partial charge in [0.2, 0.25) is 0 Å². The molecule has 1 unspecified atom stereocenters. The van der Waals surface area contributed by atoms with Crippen LogP contribution in [0.2, 0.25) is 0 Å². The third kappa shape index (κ3) is 2.77. The molecule has 0 radical (unpaired) electrons. The van der Waals surface area contributed by atoms with Crippen LogP contribution in [0.25, 0.3) is 0 Å². The zero-order valence-corrected chi connectivity index (χ0v) is 9.13. The van der Waals surface area contributed by atoms with E-state index in [1.807, 2.05) is 0 Å². The summed E-state index contributed by atoms with van der Waals surface area (Å²) in [5.41, 5.74) is -1.15. The van der Waals surface area contributed by atoms with E-state index in [-0.39, 0.29) is 5.56 Å². The molecule has 0 spiro atoms. The lowest BCUT2D eigenvalue weighted by Crippen LogP contribution is -2.34. The summed E-state index contributed by atoms with van der Waals surface area (Å²) in [6.45, 7) is 0.941. The molecule has 2 nitrogen and oxygen atoms in total. The zero-order chi connectivity index (χ0) is 14.1. The van der Waals surface area contributed by atoms with Gasteiger partial charge in [0.1, 0.15) is 0 Å². The number of aliphatic carboxylic acids is 1. The third-order valence-electron chi connectivity index (χ3n) is 2.57. The van der Waals surface area contributed by atoms with Gasteiger partial charge in [-0.15, -0.1) is 0 Å². The van der Waals surface area contributed by atoms with Crippen molar-refractivity contribution in [2.45, 2.75) is 24.9 Å². The highest BCUT2D eigenvalue weighted by Gasteiger charge is 2.45. The van der Waals surface area contributed by atoms with Gasteiger partial charge >= 0.3 is 18.1 Å². The molecule has 0 aliphatic carbocycles. The summed E-state index contributed by atoms with van der Waals surface area (Å²) in [7, 11) is 0. The number of benzene rings is 1. The van der Waals surface area contributed by atoms with Crippen molar-refractivity contribution < 1.29 is 31.9 Å². The number of hydrogen-bond donors (Lipinski definition) is 1. The Balaban J connectivity index is 3.03. The summed E-state index contributed by atoms with van der Waals surface area (Å²) < 4.78 is 63.0. The van der Waals surface area contributed by atoms with E-state index in [1.54, 1.807) is 0 Å². The van der Waals surface area contributed by atoms with Crippen LogP contribution in [0.4, 0.5) is 22.0 Å². The Bertz CT molecular complexity index is 436. The van der Waals surface area contributed by atoms with Gasteiger partial charge in [-0.3, -0.25) is 0 Å². The Morgan fingerprint density at radius 1 is 1.11 bits per heavy atom. The topological polar surface area (TPSA) is 37.3 Å². The van der Waals surface area contributed by atoms with Gasteiger partial charge in [-0.05, 0) is 17.7 Å². The molecule has 1 N–H and O–H groups in total. The van der Waals surface area contributed by atoms with Crippen LogP contribution < -0.4 is 0 Å². The number of rotatable bonds is 3. The maximum absolute atomic E-state index is 13.1. The Labute approximate surface area is 99.0 Å². The second-order valence-electron chi connectivity index (χ2n) is 3.77. The first-order chi connectivity index (χ1) is 8.06. The van der Waals surface area contributed by atoms with Crippen LogP contribution in [0, 0.1) is 0 Å². The molecule has 0 fully saturated rings. The highest BCUT2D eigenvalue weighted by Crippen LogP contribution is 2.35. The normalized spacial score (nSPS) is 14.3. The molecule has 18 heavy (non-hydrogen) atoms. The van der Waals surface area contributed by atoms with Gasteiger partial charge in [0.05, 0.1) is 11.5 Å². The summed E-state index contributed by atoms with van der Waals surface area (Å²) in [5.74, 6) is -8.05. The molecule has 1 aromatic carbocycles. The molecule has 0 aromatic heterocycles. The Morgan fingerprint density at radius 3 is 1.89 bits per heavy atom. The molecular weight excluding hydrogens is 259 g/mol. The van der Waals surface area contributed by atoms with Crippen LogP contribution >= 0.6 is 0 Å². The van der Waals surface area contributed by atoms with Crippen LogP contribution in [0.15, 0.2) is 24.3 Å². The molecular formula is C11H9F5O2. The molecule has 0 saturated heterocycles. The minimum absolute atomic E-state index is 0.171. The maximum atomic E-state index is 13.1. The quantitative estimate of drug-likeness (QED) is 0.851. The van der Waals surface area contributed by atoms with Gasteiger partial charge < -0.3 is 5.11 Å². The zero-order valence-electron chi connectivity index (χ0n) is 9.13. The molecule has 1 atom stereocenters. The lowest BCUT2D eigenvalue weighted by atomic mass is 9.93. The maximum Gasteiger partial charge on any atom is 0.416 e. The standard InChI is InChI=1S/C11H9F5O2/c1-6(10(12,13)9(17)18)7-2-4-8(5-3-7)11(14,15)16/h2-6H,1H3,(H,17,18). The van der Waals surface area contributed by atoms with Crippen molar-refractivity contribution in [2.24, 2.45) is 0 Å². The van der Waals surface area contributed by atoms with E-state index in [0.29, 0.717) is 12.1 Å². The van der Waals surface area contributed by atoms with Crippen molar-refractivity contribution in [2.75, 3.05) is 0 Å². The fraction of sp³-hybridized carbons (Fsp3) is 0.364. The van der Waals surface area contributed by atoms with Gasteiger partial charge in [0.25, 0.3) is 0 Å². The van der Waals surface area contributed by atoms with E-state index in [1.165, 1.54) is 0 Å². The highest BCUT2D eigenvalue weighted by molar-refractivity contribution is 5.76. The van der Waals surface area contributed by atoms with Gasteiger partial charge in [0, 0.05) is 0 Å². The lowest BCUT2D eigenvalue weighted by Gasteiger charge is -2.20. The predicted molar refractivity (Wildman–Crippen MR) is 52.4 cm³/mol. The van der Waals surface area contributed by atoms with Crippen LogP contribution in [0.1, 0.15) is 24.0 Å². The average Bonchev–Trinajstić information content (AvgIpc) is 2.26. The lowest BCUT2D eigenvalue weighted by molar-refractivity contribution is -0.167. The number of alkyl halides is 5. The van der Waals surface area contributed by atoms with E-state index < -0.39 is 29.5 Å². The fourth-order valence-corrected chi connectivity index (χ4v) is 1.36. The molecule has 0 aliphatic heterocycles. The van der Waals surface area contributed by atoms with E-state index in [9.17, 15) is 26.7 Å². The predicted octanol–water partition coefficient (Wildman–Crippen LogP) is 3.53. The van der Waals surface area contributed by atoms with Crippen molar-refractivity contribution in [1.82, 2.24) is 0 Å². The van der Waals surface area contributed by atoms with Crippen molar-refractivity contribution in [3.8, 4) is 0 Å². The first kappa shape index (κ1) is 14.4. The Kier molecular flexibility index (Phi) is 3.64. The van der Waals surface area contributed by atoms with Gasteiger partial charge in [0.15, 0.2) is 0 Å². The fourth-order valence-electron chi connectivity index (χ4n) is 1.36. The van der Waals surface area contributed by atoms with Gasteiger partial charge in [-0.2, -0.15) is 22.0 Å². The number of hydrogen-bond acceptors (Lipinski definition) is 1. The monoisotopic (exact) mass is 268 g/mol. The second-order valence-corrected chi connectivity index (χ2v) is 3.77. The molecule has 0 aliphatic rings. The highest BCUT2D eigenvalue weighted by atomic mass is 19.4. The molecule has 0 bridgehead atoms. The minimum Gasteiger partial charge on any atom is -0.477 e. The van der Waals surface area contributed by atoms with Crippen LogP contribution in [0.3, 0.4) is 0 Å². The van der Waals surface area contributed by atoms with Crippen molar-refractivity contribution in [3.05, 3.63) is 35.4 Å². The molecule has 0 saturated carbocycles. The average molecular weight is 268 g/mol. The molecule has 100 valence electrons. The van der Waals surface area contributed by atoms with Crippen LogP contribution in [0.5, 0.6) is 0 Å². The Hall–Kier alpha value is -1.66. The summed E-state index contributed by atoms with van der Waals surface area (Å²) >= 11 is 0. The van der Waals surface area contributed by atoms with Gasteiger partial charge in [-0.1, -0.05) is 19.1 Å². The summed E-state index contributed by atoms with van der Waals surface area (Å²) in [4.78, 5) is 10.3. The van der Waals surface area contributed by atoms with Crippen LogP contribution in [-0.4, -0.2) is 17.0 Å². The Morgan fingerprint density at radius 2 is 1.56 bits per heavy atom. The number of halogens is 5. The SMILES string of the molecule is CC(c1ccc(C(F)(F)F)cc1)C(F)(F)C(=O)O. The number of carboxylic acids is 1. The smallest absolute Gasteiger partial charge is 0.416 e. The molecule has 1 aromatic rings. The van der Waals surface area contributed by atoms with Crippen molar-refractivity contribution >= 4 is 5.97 Å². The largest absolute Gasteiger partial charge is 0.477 e. The molecule has 0 amide bonds. The van der Waals surface area contributed by atoms with Crippen molar-refractivity contribution in [3.63, 3.8) is 0 Å². The second kappa shape index (κ2) is 4.55. The molecule has 7 heteroatoms. The van der Waals surface area contributed by atoms with Crippen molar-refractivity contribution in [1.29, 1.82) is 0 Å². The summed E-state index contributed by atoms with van der Waals surface area (Å²) in [6.07, 6.45) is -4.56. The van der Waals surface area contributed by atoms with Gasteiger partial charge in [-0.25, -0.2) is 4.79 Å².